The number of aliphatic hydroxyl groups excluding tert-OH is 1. The molecule has 3 heterocycles. The molecule has 3 aromatic rings. The molecule has 0 fully saturated rings. The molecule has 1 atom stereocenters. The van der Waals surface area contributed by atoms with Crippen molar-refractivity contribution in [2.75, 3.05) is 11.9 Å². The monoisotopic (exact) mass is 458 g/mol. The number of aryl methyl sites for hydroxylation is 1. The lowest BCUT2D eigenvalue weighted by atomic mass is 10.1. The molecule has 172 valence electrons. The Morgan fingerprint density at radius 3 is 2.94 bits per heavy atom. The maximum absolute atomic E-state index is 12.9. The first-order chi connectivity index (χ1) is 15.4. The summed E-state index contributed by atoms with van der Waals surface area (Å²) in [7, 11) is 1.85. The lowest BCUT2D eigenvalue weighted by Crippen LogP contribution is -2.21. The average Bonchev–Trinajstić information content (AvgIpc) is 3.36. The zero-order valence-corrected chi connectivity index (χ0v) is 19.4. The Hall–Kier alpha value is -2.82. The van der Waals surface area contributed by atoms with Crippen molar-refractivity contribution in [2.45, 2.75) is 51.7 Å². The fourth-order valence-corrected chi connectivity index (χ4v) is 4.08. The van der Waals surface area contributed by atoms with E-state index in [0.717, 1.165) is 30.5 Å². The summed E-state index contributed by atoms with van der Waals surface area (Å²) >= 11 is 1.37. The van der Waals surface area contributed by atoms with Gasteiger partial charge in [0.05, 0.1) is 29.2 Å². The van der Waals surface area contributed by atoms with Crippen molar-refractivity contribution in [3.63, 3.8) is 0 Å². The Morgan fingerprint density at radius 2 is 2.19 bits per heavy atom. The molecule has 4 N–H and O–H groups in total. The Kier molecular flexibility index (Phi) is 8.32. The minimum atomic E-state index is -0.297. The van der Waals surface area contributed by atoms with Crippen molar-refractivity contribution in [2.24, 2.45) is 12.8 Å². The van der Waals surface area contributed by atoms with Crippen LogP contribution in [0.25, 0.3) is 10.6 Å². The van der Waals surface area contributed by atoms with Gasteiger partial charge in [-0.15, -0.1) is 11.3 Å². The number of nitrogens with one attached hydrogen (secondary N) is 1. The molecule has 0 radical (unpaired) electrons. The number of aliphatic hydroxyl groups is 1. The van der Waals surface area contributed by atoms with E-state index in [0.29, 0.717) is 28.7 Å². The van der Waals surface area contributed by atoms with Crippen LogP contribution in [-0.4, -0.2) is 49.5 Å². The molecule has 0 aliphatic rings. The largest absolute Gasteiger partial charge is 0.474 e. The zero-order valence-electron chi connectivity index (χ0n) is 18.6. The van der Waals surface area contributed by atoms with Crippen LogP contribution in [0, 0.1) is 0 Å². The van der Waals surface area contributed by atoms with Crippen molar-refractivity contribution in [3.05, 3.63) is 41.3 Å². The number of rotatable bonds is 11. The van der Waals surface area contributed by atoms with Gasteiger partial charge in [0.15, 0.2) is 0 Å². The molecule has 0 spiro atoms. The lowest BCUT2D eigenvalue weighted by Gasteiger charge is -2.11. The number of hydrogen-bond acceptors (Lipinski definition) is 8. The minimum absolute atomic E-state index is 0.0198. The highest BCUT2D eigenvalue weighted by Gasteiger charge is 2.18. The number of hydrogen-bond donors (Lipinski definition) is 3. The SMILES string of the molecule is CC(C)Oc1ncccc1-c1nc(C(=O)Nc2cnn(C)c2CCCC(N)CCO)cs1. The van der Waals surface area contributed by atoms with Crippen LogP contribution in [0.1, 0.15) is 49.3 Å². The van der Waals surface area contributed by atoms with Crippen LogP contribution in [-0.2, 0) is 13.5 Å². The number of nitrogens with two attached hydrogens (primary N) is 1. The third-order valence-electron chi connectivity index (χ3n) is 4.88. The highest BCUT2D eigenvalue weighted by molar-refractivity contribution is 7.13. The molecule has 0 saturated heterocycles. The molecular weight excluding hydrogens is 428 g/mol. The number of ether oxygens (including phenoxy) is 1. The van der Waals surface area contributed by atoms with Crippen molar-refractivity contribution >= 4 is 22.9 Å². The maximum Gasteiger partial charge on any atom is 0.275 e. The Balaban J connectivity index is 1.69. The normalized spacial score (nSPS) is 12.2. The minimum Gasteiger partial charge on any atom is -0.474 e. The first kappa shape index (κ1) is 23.8. The highest BCUT2D eigenvalue weighted by Crippen LogP contribution is 2.31. The van der Waals surface area contributed by atoms with E-state index in [2.05, 4.69) is 20.4 Å². The summed E-state index contributed by atoms with van der Waals surface area (Å²) in [5, 5.41) is 18.6. The van der Waals surface area contributed by atoms with Gasteiger partial charge in [-0.2, -0.15) is 5.10 Å². The van der Waals surface area contributed by atoms with Crippen LogP contribution in [0.3, 0.4) is 0 Å². The van der Waals surface area contributed by atoms with Crippen LogP contribution in [0.5, 0.6) is 5.88 Å². The first-order valence-electron chi connectivity index (χ1n) is 10.6. The van der Waals surface area contributed by atoms with Crippen LogP contribution < -0.4 is 15.8 Å². The summed E-state index contributed by atoms with van der Waals surface area (Å²) in [6.45, 7) is 3.96. The predicted molar refractivity (Wildman–Crippen MR) is 125 cm³/mol. The van der Waals surface area contributed by atoms with E-state index in [1.807, 2.05) is 33.0 Å². The van der Waals surface area contributed by atoms with Crippen LogP contribution >= 0.6 is 11.3 Å². The molecule has 32 heavy (non-hydrogen) atoms. The molecule has 10 heteroatoms. The number of carbonyl (C=O) groups is 1. The number of anilines is 1. The molecule has 0 aliphatic heterocycles. The third kappa shape index (κ3) is 6.12. The van der Waals surface area contributed by atoms with Gasteiger partial charge >= 0.3 is 0 Å². The number of nitrogens with zero attached hydrogens (tertiary/aromatic N) is 4. The molecular formula is C22H30N6O3S. The van der Waals surface area contributed by atoms with Gasteiger partial charge in [0, 0.05) is 31.3 Å². The molecule has 0 saturated carbocycles. The second-order valence-corrected chi connectivity index (χ2v) is 8.67. The number of carbonyl (C=O) groups excluding carboxylic acids is 1. The third-order valence-corrected chi connectivity index (χ3v) is 5.76. The van der Waals surface area contributed by atoms with Crippen LogP contribution in [0.4, 0.5) is 5.69 Å². The predicted octanol–water partition coefficient (Wildman–Crippen LogP) is 3.01. The van der Waals surface area contributed by atoms with Crippen molar-refractivity contribution < 1.29 is 14.6 Å². The van der Waals surface area contributed by atoms with Crippen LogP contribution in [0.2, 0.25) is 0 Å². The van der Waals surface area contributed by atoms with Gasteiger partial charge in [-0.25, -0.2) is 9.97 Å². The molecule has 3 aromatic heterocycles. The van der Waals surface area contributed by atoms with Gasteiger partial charge < -0.3 is 20.9 Å². The van der Waals surface area contributed by atoms with E-state index in [-0.39, 0.29) is 24.7 Å². The van der Waals surface area contributed by atoms with Gasteiger partial charge in [-0.1, -0.05) is 0 Å². The fourth-order valence-electron chi connectivity index (χ4n) is 3.26. The quantitative estimate of drug-likeness (QED) is 0.403. The van der Waals surface area contributed by atoms with E-state index in [4.69, 9.17) is 15.6 Å². The van der Waals surface area contributed by atoms with Gasteiger partial charge in [-0.3, -0.25) is 9.48 Å². The highest BCUT2D eigenvalue weighted by atomic mass is 32.1. The van der Waals surface area contributed by atoms with E-state index >= 15 is 0 Å². The Bertz CT molecular complexity index is 1030. The number of thiazole rings is 1. The fraction of sp³-hybridized carbons (Fsp3) is 0.455. The summed E-state index contributed by atoms with van der Waals surface area (Å²) in [5.41, 5.74) is 8.63. The molecule has 0 bridgehead atoms. The molecule has 3 rings (SSSR count). The summed E-state index contributed by atoms with van der Waals surface area (Å²) in [6, 6.07) is 3.67. The van der Waals surface area contributed by atoms with Gasteiger partial charge in [0.1, 0.15) is 10.7 Å². The van der Waals surface area contributed by atoms with Gasteiger partial charge in [0.2, 0.25) is 5.88 Å². The van der Waals surface area contributed by atoms with E-state index in [9.17, 15) is 4.79 Å². The Labute approximate surface area is 191 Å². The van der Waals surface area contributed by atoms with Crippen molar-refractivity contribution in [1.82, 2.24) is 19.7 Å². The number of pyridine rings is 1. The summed E-state index contributed by atoms with van der Waals surface area (Å²) in [4.78, 5) is 21.7. The summed E-state index contributed by atoms with van der Waals surface area (Å²) in [6.07, 6.45) is 6.23. The van der Waals surface area contributed by atoms with Crippen molar-refractivity contribution in [1.29, 1.82) is 0 Å². The number of aromatic nitrogens is 4. The van der Waals surface area contributed by atoms with E-state index in [1.54, 1.807) is 22.5 Å². The lowest BCUT2D eigenvalue weighted by molar-refractivity contribution is 0.102. The summed E-state index contributed by atoms with van der Waals surface area (Å²) < 4.78 is 7.53. The molecule has 1 amide bonds. The van der Waals surface area contributed by atoms with E-state index < -0.39 is 0 Å². The second-order valence-electron chi connectivity index (χ2n) is 7.81. The Morgan fingerprint density at radius 1 is 1.38 bits per heavy atom. The first-order valence-corrected chi connectivity index (χ1v) is 11.5. The van der Waals surface area contributed by atoms with Gasteiger partial charge in [0.25, 0.3) is 5.91 Å². The second kappa shape index (κ2) is 11.2. The standard InChI is InChI=1S/C22H30N6O3S/c1-14(2)31-21-16(7-5-10-24-21)22-27-18(13-32-22)20(30)26-17-12-25-28(3)19(17)8-4-6-15(23)9-11-29/h5,7,10,12-15,29H,4,6,8-9,11,23H2,1-3H3,(H,26,30). The molecule has 0 aromatic carbocycles. The molecule has 1 unspecified atom stereocenters. The molecule has 9 nitrogen and oxygen atoms in total. The number of amides is 1. The summed E-state index contributed by atoms with van der Waals surface area (Å²) in [5.74, 6) is 0.201. The molecule has 0 aliphatic carbocycles. The smallest absolute Gasteiger partial charge is 0.275 e. The van der Waals surface area contributed by atoms with Gasteiger partial charge in [-0.05, 0) is 51.7 Å². The van der Waals surface area contributed by atoms with E-state index in [1.165, 1.54) is 11.3 Å². The topological polar surface area (TPSA) is 128 Å². The average molecular weight is 459 g/mol. The van der Waals surface area contributed by atoms with Crippen LogP contribution in [0.15, 0.2) is 29.9 Å². The maximum atomic E-state index is 12.9. The zero-order chi connectivity index (χ0) is 23.1. The van der Waals surface area contributed by atoms with Crippen molar-refractivity contribution in [3.8, 4) is 16.5 Å².